The number of fused-ring (bicyclic) bond motifs is 1. The molecule has 3 N–H and O–H groups in total. The van der Waals surface area contributed by atoms with Gasteiger partial charge in [-0.2, -0.15) is 5.10 Å². The van der Waals surface area contributed by atoms with E-state index < -0.39 is 11.9 Å². The number of aliphatic hydroxyl groups excluding tert-OH is 1. The van der Waals surface area contributed by atoms with Crippen molar-refractivity contribution < 1.29 is 14.3 Å². The van der Waals surface area contributed by atoms with Gasteiger partial charge in [0.05, 0.1) is 23.2 Å². The van der Waals surface area contributed by atoms with Crippen molar-refractivity contribution in [2.24, 2.45) is 10.1 Å². The van der Waals surface area contributed by atoms with Crippen LogP contribution in [0.25, 0.3) is 10.9 Å². The third kappa shape index (κ3) is 4.80. The van der Waals surface area contributed by atoms with Crippen molar-refractivity contribution in [1.82, 2.24) is 15.3 Å². The summed E-state index contributed by atoms with van der Waals surface area (Å²) >= 11 is 0. The van der Waals surface area contributed by atoms with Gasteiger partial charge in [-0.1, -0.05) is 43.2 Å². The van der Waals surface area contributed by atoms with E-state index in [0.29, 0.717) is 24.3 Å². The summed E-state index contributed by atoms with van der Waals surface area (Å²) in [5, 5.41) is 17.5. The van der Waals surface area contributed by atoms with Gasteiger partial charge in [-0.25, -0.2) is 9.38 Å². The minimum atomic E-state index is -0.569. The Balaban J connectivity index is 1.62. The molecule has 0 spiro atoms. The van der Waals surface area contributed by atoms with Crippen molar-refractivity contribution in [3.8, 4) is 0 Å². The molecule has 4 rings (SSSR count). The van der Waals surface area contributed by atoms with E-state index in [1.54, 1.807) is 25.4 Å². The summed E-state index contributed by atoms with van der Waals surface area (Å²) in [6, 6.07) is 12.2. The molecule has 8 heteroatoms. The van der Waals surface area contributed by atoms with E-state index in [4.69, 9.17) is 0 Å². The molecule has 7 nitrogen and oxygen atoms in total. The van der Waals surface area contributed by atoms with Gasteiger partial charge in [-0.15, -0.1) is 0 Å². The molecule has 2 atom stereocenters. The number of halogens is 1. The highest BCUT2D eigenvalue weighted by Gasteiger charge is 2.27. The standard InChI is InChI=1S/C25H28FN5O2/c1-27-24(30-28-2)17-12-10-16(11-13-17)14-31-15-18(23-19(26)6-5-8-21(23)31)25(33)29-20-7-3-4-9-22(20)32/h5-6,8,10-13,15,20,22,28,32H,1,3-4,7,9,14H2,2H3,(H,29,33)/b30-24-/t20-,22-/m0/s1. The monoisotopic (exact) mass is 449 g/mol. The van der Waals surface area contributed by atoms with Crippen molar-refractivity contribution >= 4 is 29.4 Å². The highest BCUT2D eigenvalue weighted by Crippen LogP contribution is 2.26. The van der Waals surface area contributed by atoms with E-state index in [1.165, 1.54) is 6.07 Å². The molecule has 33 heavy (non-hydrogen) atoms. The van der Waals surface area contributed by atoms with Gasteiger partial charge in [-0.05, 0) is 37.3 Å². The Morgan fingerprint density at radius 1 is 1.21 bits per heavy atom. The second-order valence-electron chi connectivity index (χ2n) is 8.25. The molecule has 2 aromatic carbocycles. The topological polar surface area (TPSA) is 91.0 Å². The van der Waals surface area contributed by atoms with Crippen LogP contribution in [0.2, 0.25) is 0 Å². The van der Waals surface area contributed by atoms with Gasteiger partial charge < -0.3 is 20.4 Å². The van der Waals surface area contributed by atoms with Crippen LogP contribution >= 0.6 is 0 Å². The molecule has 0 bridgehead atoms. The molecule has 1 aliphatic carbocycles. The second kappa shape index (κ2) is 9.95. The van der Waals surface area contributed by atoms with Gasteiger partial charge in [0.25, 0.3) is 5.91 Å². The largest absolute Gasteiger partial charge is 0.391 e. The zero-order valence-corrected chi connectivity index (χ0v) is 18.6. The fraction of sp³-hybridized carbons (Fsp3) is 0.320. The quantitative estimate of drug-likeness (QED) is 0.306. The Hall–Kier alpha value is -3.52. The van der Waals surface area contributed by atoms with E-state index in [0.717, 1.165) is 30.4 Å². The predicted molar refractivity (Wildman–Crippen MR) is 128 cm³/mol. The number of benzene rings is 2. The van der Waals surface area contributed by atoms with Gasteiger partial charge in [0.2, 0.25) is 0 Å². The maximum Gasteiger partial charge on any atom is 0.253 e. The average molecular weight is 450 g/mol. The second-order valence-corrected chi connectivity index (χ2v) is 8.25. The molecule has 0 radical (unpaired) electrons. The zero-order valence-electron chi connectivity index (χ0n) is 18.6. The zero-order chi connectivity index (χ0) is 23.4. The lowest BCUT2D eigenvalue weighted by molar-refractivity contribution is 0.0718. The molecule has 172 valence electrons. The lowest BCUT2D eigenvalue weighted by Crippen LogP contribution is -2.45. The highest BCUT2D eigenvalue weighted by atomic mass is 19.1. The van der Waals surface area contributed by atoms with Crippen molar-refractivity contribution in [3.63, 3.8) is 0 Å². The van der Waals surface area contributed by atoms with Crippen LogP contribution in [-0.2, 0) is 6.54 Å². The lowest BCUT2D eigenvalue weighted by Gasteiger charge is -2.28. The Labute approximate surface area is 192 Å². The van der Waals surface area contributed by atoms with Crippen molar-refractivity contribution in [1.29, 1.82) is 0 Å². The molecular weight excluding hydrogens is 421 g/mol. The average Bonchev–Trinajstić information content (AvgIpc) is 3.19. The van der Waals surface area contributed by atoms with Crippen molar-refractivity contribution in [2.45, 2.75) is 44.4 Å². The van der Waals surface area contributed by atoms with E-state index >= 15 is 0 Å². The number of amides is 1. The van der Waals surface area contributed by atoms with Gasteiger partial charge in [0, 0.05) is 30.7 Å². The molecule has 1 fully saturated rings. The number of nitrogens with one attached hydrogen (secondary N) is 2. The molecule has 0 saturated heterocycles. The third-order valence-corrected chi connectivity index (χ3v) is 6.08. The first-order chi connectivity index (χ1) is 16.0. The molecule has 1 aliphatic rings. The molecule has 1 heterocycles. The first kappa shape index (κ1) is 22.7. The van der Waals surface area contributed by atoms with Gasteiger partial charge in [-0.3, -0.25) is 4.79 Å². The summed E-state index contributed by atoms with van der Waals surface area (Å²) in [5.41, 5.74) is 5.41. The maximum atomic E-state index is 14.8. The minimum absolute atomic E-state index is 0.275. The van der Waals surface area contributed by atoms with Crippen LogP contribution in [0, 0.1) is 5.82 Å². The summed E-state index contributed by atoms with van der Waals surface area (Å²) in [4.78, 5) is 17.0. The van der Waals surface area contributed by atoms with Crippen molar-refractivity contribution in [3.05, 3.63) is 71.2 Å². The number of carbonyl (C=O) groups excluding carboxylic acids is 1. The number of carbonyl (C=O) groups is 1. The summed E-state index contributed by atoms with van der Waals surface area (Å²) < 4.78 is 16.7. The van der Waals surface area contributed by atoms with Gasteiger partial charge >= 0.3 is 0 Å². The maximum absolute atomic E-state index is 14.8. The first-order valence-electron chi connectivity index (χ1n) is 11.1. The highest BCUT2D eigenvalue weighted by molar-refractivity contribution is 6.07. The Morgan fingerprint density at radius 3 is 2.67 bits per heavy atom. The predicted octanol–water partition coefficient (Wildman–Crippen LogP) is 3.44. The molecule has 0 unspecified atom stereocenters. The van der Waals surface area contributed by atoms with Crippen LogP contribution < -0.4 is 10.7 Å². The van der Waals surface area contributed by atoms with E-state index in [-0.39, 0.29) is 22.9 Å². The van der Waals surface area contributed by atoms with Crippen LogP contribution in [0.15, 0.2) is 58.8 Å². The number of hydrazone groups is 1. The number of amidine groups is 1. The number of aliphatic hydroxyl groups is 1. The van der Waals surface area contributed by atoms with E-state index in [2.05, 4.69) is 27.6 Å². The van der Waals surface area contributed by atoms with E-state index in [1.807, 2.05) is 28.8 Å². The number of nitrogens with zero attached hydrogens (tertiary/aromatic N) is 3. The Bertz CT molecular complexity index is 1190. The number of aliphatic imine (C=N–C) groups is 1. The molecule has 0 aliphatic heterocycles. The van der Waals surface area contributed by atoms with Gasteiger partial charge in [0.15, 0.2) is 5.84 Å². The number of aromatic nitrogens is 1. The third-order valence-electron chi connectivity index (χ3n) is 6.08. The Kier molecular flexibility index (Phi) is 6.84. The number of hydrogen-bond acceptors (Lipinski definition) is 4. The Morgan fingerprint density at radius 2 is 1.97 bits per heavy atom. The van der Waals surface area contributed by atoms with Crippen LogP contribution in [0.1, 0.15) is 47.2 Å². The number of rotatable bonds is 6. The molecule has 1 aromatic heterocycles. The fourth-order valence-electron chi connectivity index (χ4n) is 4.39. The first-order valence-corrected chi connectivity index (χ1v) is 11.1. The van der Waals surface area contributed by atoms with Crippen molar-refractivity contribution in [2.75, 3.05) is 7.05 Å². The molecule has 1 saturated carbocycles. The van der Waals surface area contributed by atoms with Crippen LogP contribution in [0.5, 0.6) is 0 Å². The van der Waals surface area contributed by atoms with E-state index in [9.17, 15) is 14.3 Å². The van der Waals surface area contributed by atoms with Gasteiger partial charge in [0.1, 0.15) is 5.82 Å². The summed E-state index contributed by atoms with van der Waals surface area (Å²) in [7, 11) is 1.69. The lowest BCUT2D eigenvalue weighted by atomic mass is 9.92. The summed E-state index contributed by atoms with van der Waals surface area (Å²) in [5.74, 6) is -0.322. The summed E-state index contributed by atoms with van der Waals surface area (Å²) in [6.45, 7) is 4.00. The van der Waals surface area contributed by atoms with Crippen LogP contribution in [0.4, 0.5) is 4.39 Å². The molecule has 1 amide bonds. The normalized spacial score (nSPS) is 18.8. The summed E-state index contributed by atoms with van der Waals surface area (Å²) in [6.07, 6.45) is 4.41. The fourth-order valence-corrected chi connectivity index (χ4v) is 4.39. The smallest absolute Gasteiger partial charge is 0.253 e. The molecule has 3 aromatic rings. The molecular formula is C25H28FN5O2. The SMILES string of the molecule is C=N/C(=N\NC)c1ccc(Cn2cc(C(=O)N[C@H]3CCCC[C@@H]3O)c3c(F)cccc32)cc1. The van der Waals surface area contributed by atoms with Crippen LogP contribution in [-0.4, -0.2) is 47.3 Å². The number of hydrogen-bond donors (Lipinski definition) is 3. The van der Waals surface area contributed by atoms with Crippen LogP contribution in [0.3, 0.4) is 0 Å². The minimum Gasteiger partial charge on any atom is -0.391 e.